The molecule has 4 rings (SSSR count). The summed E-state index contributed by atoms with van der Waals surface area (Å²) in [5.41, 5.74) is 2.34. The van der Waals surface area contributed by atoms with Crippen LogP contribution in [-0.2, 0) is 17.8 Å². The number of fused-ring (bicyclic) bond motifs is 1. The topological polar surface area (TPSA) is 45.2 Å². The van der Waals surface area contributed by atoms with Crippen LogP contribution in [0, 0.1) is 5.92 Å². The number of nitrogens with zero attached hydrogens (tertiary/aromatic N) is 2. The molecule has 2 fully saturated rings. The maximum atomic E-state index is 12.9. The maximum Gasteiger partial charge on any atom is 0.225 e. The molecule has 0 bridgehead atoms. The normalized spacial score (nSPS) is 25.3. The van der Waals surface area contributed by atoms with Gasteiger partial charge in [0.15, 0.2) is 0 Å². The number of hydrogen-bond donors (Lipinski definition) is 1. The van der Waals surface area contributed by atoms with Gasteiger partial charge in [0.05, 0.1) is 23.2 Å². The lowest BCUT2D eigenvalue weighted by Gasteiger charge is -2.24. The van der Waals surface area contributed by atoms with Crippen LogP contribution in [0.1, 0.15) is 54.9 Å². The van der Waals surface area contributed by atoms with E-state index in [1.807, 2.05) is 0 Å². The highest BCUT2D eigenvalue weighted by atomic mass is 32.1. The van der Waals surface area contributed by atoms with Crippen molar-refractivity contribution in [1.29, 1.82) is 0 Å². The fraction of sp³-hybridized carbons (Fsp3) is 0.524. The molecule has 1 amide bonds. The van der Waals surface area contributed by atoms with E-state index in [-0.39, 0.29) is 11.8 Å². The molecule has 3 heterocycles. The summed E-state index contributed by atoms with van der Waals surface area (Å²) >= 11 is 1.70. The van der Waals surface area contributed by atoms with Gasteiger partial charge in [0.25, 0.3) is 0 Å². The summed E-state index contributed by atoms with van der Waals surface area (Å²) in [5, 5.41) is 6.41. The minimum absolute atomic E-state index is 0.0939. The van der Waals surface area contributed by atoms with E-state index in [2.05, 4.69) is 57.8 Å². The van der Waals surface area contributed by atoms with Gasteiger partial charge < -0.3 is 5.32 Å². The van der Waals surface area contributed by atoms with Gasteiger partial charge in [-0.15, -0.1) is 11.3 Å². The Morgan fingerprint density at radius 3 is 3.00 bits per heavy atom. The molecule has 1 aromatic carbocycles. The third-order valence-electron chi connectivity index (χ3n) is 5.71. The zero-order valence-electron chi connectivity index (χ0n) is 15.4. The Morgan fingerprint density at radius 2 is 2.19 bits per heavy atom. The van der Waals surface area contributed by atoms with Crippen molar-refractivity contribution in [2.24, 2.45) is 5.92 Å². The average Bonchev–Trinajstić information content (AvgIpc) is 3.37. The van der Waals surface area contributed by atoms with Gasteiger partial charge in [0.1, 0.15) is 0 Å². The molecule has 1 aromatic heterocycles. The Labute approximate surface area is 159 Å². The van der Waals surface area contributed by atoms with Crippen LogP contribution in [0.25, 0.3) is 0 Å². The van der Waals surface area contributed by atoms with E-state index in [1.54, 1.807) is 11.3 Å². The lowest BCUT2D eigenvalue weighted by Crippen LogP contribution is -2.37. The van der Waals surface area contributed by atoms with Crippen LogP contribution in [-0.4, -0.2) is 28.4 Å². The van der Waals surface area contributed by atoms with Gasteiger partial charge in [-0.1, -0.05) is 37.3 Å². The molecule has 2 aromatic rings. The fourth-order valence-corrected chi connectivity index (χ4v) is 5.42. The second kappa shape index (κ2) is 7.89. The third kappa shape index (κ3) is 3.55. The fourth-order valence-electron chi connectivity index (χ4n) is 4.52. The van der Waals surface area contributed by atoms with Crippen molar-refractivity contribution >= 4 is 17.2 Å². The number of thiazole rings is 1. The first-order valence-electron chi connectivity index (χ1n) is 9.78. The van der Waals surface area contributed by atoms with E-state index >= 15 is 0 Å². The summed E-state index contributed by atoms with van der Waals surface area (Å²) < 4.78 is 0. The number of carbonyl (C=O) groups excluding carboxylic acids is 1. The van der Waals surface area contributed by atoms with Crippen LogP contribution in [0.3, 0.4) is 0 Å². The number of carbonyl (C=O) groups is 1. The Bertz CT molecular complexity index is 745. The quantitative estimate of drug-likeness (QED) is 0.839. The summed E-state index contributed by atoms with van der Waals surface area (Å²) in [6.45, 7) is 3.83. The zero-order chi connectivity index (χ0) is 17.9. The summed E-state index contributed by atoms with van der Waals surface area (Å²) in [6.07, 6.45) is 5.40. The molecule has 0 aliphatic carbocycles. The molecule has 1 N–H and O–H groups in total. The van der Waals surface area contributed by atoms with Crippen LogP contribution in [0.15, 0.2) is 35.7 Å². The average molecular weight is 370 g/mol. The van der Waals surface area contributed by atoms with E-state index < -0.39 is 0 Å². The lowest BCUT2D eigenvalue weighted by atomic mass is 9.93. The van der Waals surface area contributed by atoms with Crippen LogP contribution in [0.2, 0.25) is 0 Å². The van der Waals surface area contributed by atoms with E-state index in [9.17, 15) is 4.79 Å². The Hall–Kier alpha value is -1.72. The van der Waals surface area contributed by atoms with Gasteiger partial charge in [0, 0.05) is 17.5 Å². The molecule has 5 heteroatoms. The molecule has 4 nitrogen and oxygen atoms in total. The summed E-state index contributed by atoms with van der Waals surface area (Å²) in [6, 6.07) is 11.4. The van der Waals surface area contributed by atoms with Gasteiger partial charge in [-0.3, -0.25) is 9.69 Å². The standard InChI is InChI=1S/C21H27N3OS/c1-2-7-20-23-16(14-26-20)13-22-21(25)17-12-19(15-8-4-3-5-9-15)24-11-6-10-18(17)24/h3-5,8-9,14,17-19H,2,6-7,10-13H2,1H3,(H,22,25)/t17-,18+,19-/m1/s1. The van der Waals surface area contributed by atoms with Crippen LogP contribution in [0.5, 0.6) is 0 Å². The summed E-state index contributed by atoms with van der Waals surface area (Å²) in [5.74, 6) is 0.293. The largest absolute Gasteiger partial charge is 0.350 e. The SMILES string of the molecule is CCCc1nc(CNC(=O)[C@@H]2C[C@H](c3ccccc3)N3CCC[C@@H]23)cs1. The Morgan fingerprint density at radius 1 is 1.35 bits per heavy atom. The summed E-state index contributed by atoms with van der Waals surface area (Å²) in [7, 11) is 0. The molecule has 0 saturated carbocycles. The molecule has 26 heavy (non-hydrogen) atoms. The van der Waals surface area contributed by atoms with Crippen LogP contribution < -0.4 is 5.32 Å². The molecular formula is C21H27N3OS. The van der Waals surface area contributed by atoms with E-state index in [0.29, 0.717) is 18.6 Å². The zero-order valence-corrected chi connectivity index (χ0v) is 16.2. The molecule has 0 unspecified atom stereocenters. The molecule has 2 aliphatic rings. The van der Waals surface area contributed by atoms with Crippen LogP contribution in [0.4, 0.5) is 0 Å². The van der Waals surface area contributed by atoms with Gasteiger partial charge in [-0.25, -0.2) is 4.98 Å². The van der Waals surface area contributed by atoms with Gasteiger partial charge in [0.2, 0.25) is 5.91 Å². The monoisotopic (exact) mass is 369 g/mol. The molecular weight excluding hydrogens is 342 g/mol. The first-order valence-corrected chi connectivity index (χ1v) is 10.7. The van der Waals surface area contributed by atoms with E-state index in [0.717, 1.165) is 37.9 Å². The van der Waals surface area contributed by atoms with Crippen molar-refractivity contribution in [2.45, 2.75) is 57.7 Å². The molecule has 2 aliphatic heterocycles. The highest BCUT2D eigenvalue weighted by molar-refractivity contribution is 7.09. The van der Waals surface area contributed by atoms with Crippen molar-refractivity contribution in [3.63, 3.8) is 0 Å². The van der Waals surface area contributed by atoms with E-state index in [1.165, 1.54) is 17.0 Å². The third-order valence-corrected chi connectivity index (χ3v) is 6.67. The molecule has 0 radical (unpaired) electrons. The predicted octanol–water partition coefficient (Wildman–Crippen LogP) is 3.94. The lowest BCUT2D eigenvalue weighted by molar-refractivity contribution is -0.125. The van der Waals surface area contributed by atoms with Crippen molar-refractivity contribution < 1.29 is 4.79 Å². The molecule has 138 valence electrons. The number of aromatic nitrogens is 1. The number of aryl methyl sites for hydroxylation is 1. The number of amides is 1. The van der Waals surface area contributed by atoms with Gasteiger partial charge in [-0.2, -0.15) is 0 Å². The second-order valence-electron chi connectivity index (χ2n) is 7.42. The van der Waals surface area contributed by atoms with Crippen molar-refractivity contribution in [3.8, 4) is 0 Å². The van der Waals surface area contributed by atoms with Gasteiger partial charge >= 0.3 is 0 Å². The molecule has 3 atom stereocenters. The number of hydrogen-bond acceptors (Lipinski definition) is 4. The molecule has 2 saturated heterocycles. The minimum Gasteiger partial charge on any atom is -0.350 e. The maximum absolute atomic E-state index is 12.9. The van der Waals surface area contributed by atoms with Crippen LogP contribution >= 0.6 is 11.3 Å². The first-order chi connectivity index (χ1) is 12.8. The van der Waals surface area contributed by atoms with Crippen molar-refractivity contribution in [2.75, 3.05) is 6.54 Å². The first kappa shape index (κ1) is 17.7. The Kier molecular flexibility index (Phi) is 5.36. The van der Waals surface area contributed by atoms with E-state index in [4.69, 9.17) is 0 Å². The number of nitrogens with one attached hydrogen (secondary N) is 1. The minimum atomic E-state index is 0.0939. The second-order valence-corrected chi connectivity index (χ2v) is 8.36. The summed E-state index contributed by atoms with van der Waals surface area (Å²) in [4.78, 5) is 20.1. The smallest absolute Gasteiger partial charge is 0.225 e. The van der Waals surface area contributed by atoms with Gasteiger partial charge in [-0.05, 0) is 44.2 Å². The number of rotatable bonds is 6. The van der Waals surface area contributed by atoms with Crippen molar-refractivity contribution in [3.05, 3.63) is 52.0 Å². The predicted molar refractivity (Wildman–Crippen MR) is 105 cm³/mol. The van der Waals surface area contributed by atoms with Crippen molar-refractivity contribution in [1.82, 2.24) is 15.2 Å². The Balaban J connectivity index is 1.41. The highest BCUT2D eigenvalue weighted by Crippen LogP contribution is 2.44. The number of benzene rings is 1. The molecule has 0 spiro atoms. The highest BCUT2D eigenvalue weighted by Gasteiger charge is 2.46.